The van der Waals surface area contributed by atoms with Gasteiger partial charge in [0, 0.05) is 19.1 Å². The van der Waals surface area contributed by atoms with Gasteiger partial charge >= 0.3 is 5.97 Å². The van der Waals surface area contributed by atoms with Crippen LogP contribution < -0.4 is 5.32 Å². The monoisotopic (exact) mass is 268 g/mol. The van der Waals surface area contributed by atoms with Crippen molar-refractivity contribution in [3.05, 3.63) is 23.7 Å². The minimum Gasteiger partial charge on any atom is -0.475 e. The van der Waals surface area contributed by atoms with E-state index in [-0.39, 0.29) is 11.8 Å². The molecule has 19 heavy (non-hydrogen) atoms. The number of nitrogens with zero attached hydrogens (tertiary/aromatic N) is 1. The highest BCUT2D eigenvalue weighted by Crippen LogP contribution is 2.16. The van der Waals surface area contributed by atoms with Crippen molar-refractivity contribution >= 4 is 5.97 Å². The van der Waals surface area contributed by atoms with Crippen molar-refractivity contribution in [2.75, 3.05) is 20.1 Å². The second-order valence-corrected chi connectivity index (χ2v) is 4.92. The molecule has 5 nitrogen and oxygen atoms in total. The van der Waals surface area contributed by atoms with Gasteiger partial charge in [-0.25, -0.2) is 4.79 Å². The van der Waals surface area contributed by atoms with Crippen LogP contribution in [0.4, 0.5) is 0 Å². The molecule has 1 heterocycles. The molecule has 0 aliphatic carbocycles. The van der Waals surface area contributed by atoms with E-state index in [1.54, 1.807) is 6.07 Å². The van der Waals surface area contributed by atoms with E-state index in [9.17, 15) is 4.79 Å². The molecule has 0 bridgehead atoms. The molecule has 2 atom stereocenters. The van der Waals surface area contributed by atoms with Crippen LogP contribution in [-0.2, 0) is 0 Å². The van der Waals surface area contributed by atoms with Gasteiger partial charge in [0.25, 0.3) is 0 Å². The molecule has 0 fully saturated rings. The third kappa shape index (κ3) is 4.69. The Hall–Kier alpha value is -1.33. The maximum absolute atomic E-state index is 10.7. The molecule has 0 saturated carbocycles. The van der Waals surface area contributed by atoms with E-state index in [0.717, 1.165) is 19.5 Å². The maximum atomic E-state index is 10.7. The van der Waals surface area contributed by atoms with Crippen LogP contribution >= 0.6 is 0 Å². The zero-order valence-corrected chi connectivity index (χ0v) is 12.1. The van der Waals surface area contributed by atoms with Crippen molar-refractivity contribution in [1.82, 2.24) is 10.2 Å². The van der Waals surface area contributed by atoms with Crippen LogP contribution in [-0.4, -0.2) is 42.2 Å². The number of carbonyl (C=O) groups is 1. The third-order valence-electron chi connectivity index (χ3n) is 3.52. The number of rotatable bonds is 8. The average molecular weight is 268 g/mol. The summed E-state index contributed by atoms with van der Waals surface area (Å²) in [4.78, 5) is 13.0. The predicted molar refractivity (Wildman–Crippen MR) is 74.5 cm³/mol. The molecule has 1 rings (SSSR count). The highest BCUT2D eigenvalue weighted by Gasteiger charge is 2.14. The molecule has 0 spiro atoms. The highest BCUT2D eigenvalue weighted by atomic mass is 16.4. The molecule has 1 aromatic rings. The van der Waals surface area contributed by atoms with Crippen LogP contribution in [0, 0.1) is 0 Å². The molecular weight excluding hydrogens is 244 g/mol. The fraction of sp³-hybridized carbons (Fsp3) is 0.643. The lowest BCUT2D eigenvalue weighted by Gasteiger charge is -2.24. The van der Waals surface area contributed by atoms with E-state index in [1.165, 1.54) is 6.07 Å². The van der Waals surface area contributed by atoms with E-state index in [4.69, 9.17) is 9.52 Å². The Kier molecular flexibility index (Phi) is 6.05. The van der Waals surface area contributed by atoms with Crippen molar-refractivity contribution in [1.29, 1.82) is 0 Å². The second kappa shape index (κ2) is 7.31. The standard InChI is InChI=1S/C14H24N2O3/c1-5-10(2)16(4)9-8-15-11(3)12-6-7-13(19-12)14(17)18/h6-7,10-11,15H,5,8-9H2,1-4H3,(H,17,18). The molecule has 2 unspecified atom stereocenters. The van der Waals surface area contributed by atoms with Crippen LogP contribution in [0.15, 0.2) is 16.5 Å². The van der Waals surface area contributed by atoms with E-state index in [0.29, 0.717) is 11.8 Å². The summed E-state index contributed by atoms with van der Waals surface area (Å²) >= 11 is 0. The lowest BCUT2D eigenvalue weighted by molar-refractivity contribution is 0.0659. The van der Waals surface area contributed by atoms with E-state index < -0.39 is 5.97 Å². The Balaban J connectivity index is 2.38. The van der Waals surface area contributed by atoms with Gasteiger partial charge in [0.1, 0.15) is 5.76 Å². The number of carboxylic acid groups (broad SMARTS) is 1. The van der Waals surface area contributed by atoms with Crippen LogP contribution in [0.25, 0.3) is 0 Å². The molecule has 108 valence electrons. The lowest BCUT2D eigenvalue weighted by atomic mass is 10.2. The molecule has 0 radical (unpaired) electrons. The van der Waals surface area contributed by atoms with Gasteiger partial charge in [0.15, 0.2) is 0 Å². The first-order valence-corrected chi connectivity index (χ1v) is 6.72. The Bertz CT molecular complexity index is 403. The van der Waals surface area contributed by atoms with Crippen molar-refractivity contribution in [2.24, 2.45) is 0 Å². The Morgan fingerprint density at radius 2 is 2.16 bits per heavy atom. The zero-order chi connectivity index (χ0) is 14.4. The SMILES string of the molecule is CCC(C)N(C)CCNC(C)c1ccc(C(=O)O)o1. The molecular formula is C14H24N2O3. The summed E-state index contributed by atoms with van der Waals surface area (Å²) in [6, 6.07) is 3.78. The Morgan fingerprint density at radius 3 is 2.68 bits per heavy atom. The van der Waals surface area contributed by atoms with E-state index in [2.05, 4.69) is 31.1 Å². The normalized spacial score (nSPS) is 14.6. The Labute approximate surface area is 114 Å². The van der Waals surface area contributed by atoms with Crippen LogP contribution in [0.1, 0.15) is 49.5 Å². The molecule has 0 amide bonds. The van der Waals surface area contributed by atoms with Gasteiger partial charge in [-0.1, -0.05) is 6.92 Å². The number of hydrogen-bond donors (Lipinski definition) is 2. The van der Waals surface area contributed by atoms with Crippen molar-refractivity contribution in [2.45, 2.75) is 39.3 Å². The van der Waals surface area contributed by atoms with Gasteiger partial charge in [-0.05, 0) is 39.4 Å². The first-order chi connectivity index (χ1) is 8.95. The molecule has 1 aromatic heterocycles. The van der Waals surface area contributed by atoms with Gasteiger partial charge in [-0.2, -0.15) is 0 Å². The second-order valence-electron chi connectivity index (χ2n) is 4.92. The smallest absolute Gasteiger partial charge is 0.371 e. The summed E-state index contributed by atoms with van der Waals surface area (Å²) in [5.41, 5.74) is 0. The van der Waals surface area contributed by atoms with Gasteiger partial charge < -0.3 is 19.7 Å². The van der Waals surface area contributed by atoms with Crippen molar-refractivity contribution in [3.63, 3.8) is 0 Å². The molecule has 0 saturated heterocycles. The topological polar surface area (TPSA) is 65.7 Å². The highest BCUT2D eigenvalue weighted by molar-refractivity contribution is 5.84. The number of aromatic carboxylic acids is 1. The predicted octanol–water partition coefficient (Wildman–Crippen LogP) is 2.36. The number of hydrogen-bond acceptors (Lipinski definition) is 4. The van der Waals surface area contributed by atoms with Crippen molar-refractivity contribution in [3.8, 4) is 0 Å². The molecule has 0 aliphatic heterocycles. The number of nitrogens with one attached hydrogen (secondary N) is 1. The quantitative estimate of drug-likeness (QED) is 0.757. The lowest BCUT2D eigenvalue weighted by Crippen LogP contribution is -2.35. The molecule has 2 N–H and O–H groups in total. The number of furan rings is 1. The number of carboxylic acids is 1. The molecule has 0 aliphatic rings. The summed E-state index contributed by atoms with van der Waals surface area (Å²) < 4.78 is 5.26. The van der Waals surface area contributed by atoms with Gasteiger partial charge in [0.2, 0.25) is 5.76 Å². The maximum Gasteiger partial charge on any atom is 0.371 e. The van der Waals surface area contributed by atoms with Crippen LogP contribution in [0.2, 0.25) is 0 Å². The average Bonchev–Trinajstić information content (AvgIpc) is 2.87. The summed E-state index contributed by atoms with van der Waals surface area (Å²) in [5.74, 6) is -0.390. The third-order valence-corrected chi connectivity index (χ3v) is 3.52. The van der Waals surface area contributed by atoms with Gasteiger partial charge in [-0.15, -0.1) is 0 Å². The molecule has 0 aromatic carbocycles. The van der Waals surface area contributed by atoms with Crippen molar-refractivity contribution < 1.29 is 14.3 Å². The minimum absolute atomic E-state index is 0.0124. The summed E-state index contributed by atoms with van der Waals surface area (Å²) in [7, 11) is 2.11. The Morgan fingerprint density at radius 1 is 1.47 bits per heavy atom. The van der Waals surface area contributed by atoms with Gasteiger partial charge in [0.05, 0.1) is 6.04 Å². The fourth-order valence-corrected chi connectivity index (χ4v) is 1.79. The fourth-order valence-electron chi connectivity index (χ4n) is 1.79. The van der Waals surface area contributed by atoms with Crippen LogP contribution in [0.3, 0.4) is 0 Å². The first-order valence-electron chi connectivity index (χ1n) is 6.72. The van der Waals surface area contributed by atoms with Gasteiger partial charge in [-0.3, -0.25) is 0 Å². The summed E-state index contributed by atoms with van der Waals surface area (Å²) in [5, 5.41) is 12.1. The van der Waals surface area contributed by atoms with E-state index in [1.807, 2.05) is 6.92 Å². The van der Waals surface area contributed by atoms with Crippen LogP contribution in [0.5, 0.6) is 0 Å². The zero-order valence-electron chi connectivity index (χ0n) is 12.1. The minimum atomic E-state index is -1.03. The number of likely N-dealkylation sites (N-methyl/N-ethyl adjacent to an activating group) is 1. The summed E-state index contributed by atoms with van der Waals surface area (Å²) in [6.45, 7) is 8.13. The summed E-state index contributed by atoms with van der Waals surface area (Å²) in [6.07, 6.45) is 1.13. The molecule has 5 heteroatoms. The van der Waals surface area contributed by atoms with E-state index >= 15 is 0 Å². The first kappa shape index (κ1) is 15.7. The largest absolute Gasteiger partial charge is 0.475 e.